The minimum atomic E-state index is -0.904. The first-order valence-corrected chi connectivity index (χ1v) is 23.6. The number of aliphatic hydroxyl groups is 1. The van der Waals surface area contributed by atoms with E-state index >= 15 is 0 Å². The average Bonchev–Trinajstić information content (AvgIpc) is 4.07. The fourth-order valence-electron chi connectivity index (χ4n) is 8.60. The summed E-state index contributed by atoms with van der Waals surface area (Å²) in [7, 11) is 0. The van der Waals surface area contributed by atoms with Crippen molar-refractivity contribution < 1.29 is 33.7 Å². The molecule has 2 saturated heterocycles. The van der Waals surface area contributed by atoms with E-state index in [9.17, 15) is 19.5 Å². The van der Waals surface area contributed by atoms with E-state index in [0.29, 0.717) is 24.7 Å². The minimum Gasteiger partial charge on any atom is -0.457 e. The highest BCUT2D eigenvalue weighted by molar-refractivity contribution is 7.13. The first kappa shape index (κ1) is 47.2. The number of nitrogens with zero attached hydrogens (tertiary/aromatic N) is 7. The molecule has 8 rings (SSSR count). The highest BCUT2D eigenvalue weighted by atomic mass is 32.1. The summed E-state index contributed by atoms with van der Waals surface area (Å²) in [5.41, 5.74) is 13.5. The number of nitrogens with two attached hydrogens (primary N) is 1. The molecule has 3 amide bonds. The van der Waals surface area contributed by atoms with Crippen molar-refractivity contribution in [3.05, 3.63) is 102 Å². The molecule has 6 aromatic rings. The van der Waals surface area contributed by atoms with Crippen LogP contribution in [0.15, 0.2) is 90.7 Å². The number of piperidine rings is 1. The predicted molar refractivity (Wildman–Crippen MR) is 255 cm³/mol. The zero-order chi connectivity index (χ0) is 46.9. The summed E-state index contributed by atoms with van der Waals surface area (Å²) in [6, 6.07) is 23.7. The number of benzene rings is 3. The van der Waals surface area contributed by atoms with Crippen molar-refractivity contribution in [2.75, 3.05) is 58.3 Å². The van der Waals surface area contributed by atoms with Crippen LogP contribution in [0.5, 0.6) is 11.5 Å². The van der Waals surface area contributed by atoms with Crippen LogP contribution in [0.2, 0.25) is 0 Å². The Balaban J connectivity index is 0.741. The van der Waals surface area contributed by atoms with Crippen LogP contribution in [-0.4, -0.2) is 128 Å². The number of aromatic nitrogens is 5. The van der Waals surface area contributed by atoms with Crippen molar-refractivity contribution in [2.24, 2.45) is 5.92 Å². The minimum absolute atomic E-state index is 0.000665. The molecular formula is C49H58N10O7S. The van der Waals surface area contributed by atoms with Crippen LogP contribution in [0.4, 0.5) is 5.82 Å². The largest absolute Gasteiger partial charge is 0.457 e. The second kappa shape index (κ2) is 22.0. The van der Waals surface area contributed by atoms with Crippen molar-refractivity contribution in [1.82, 2.24) is 45.2 Å². The Kier molecular flexibility index (Phi) is 15.5. The molecule has 17 nitrogen and oxygen atoms in total. The second-order valence-corrected chi connectivity index (χ2v) is 18.1. The fourth-order valence-corrected chi connectivity index (χ4v) is 9.41. The molecular weight excluding hydrogens is 873 g/mol. The highest BCUT2D eigenvalue weighted by Crippen LogP contribution is 2.35. The number of ether oxygens (including phenoxy) is 3. The third-order valence-corrected chi connectivity index (χ3v) is 13.2. The molecule has 67 heavy (non-hydrogen) atoms. The lowest BCUT2D eigenvalue weighted by molar-refractivity contribution is -0.143. The van der Waals surface area contributed by atoms with E-state index in [2.05, 4.69) is 30.5 Å². The van der Waals surface area contributed by atoms with Gasteiger partial charge < -0.3 is 45.5 Å². The van der Waals surface area contributed by atoms with Crippen LogP contribution in [-0.2, 0) is 30.4 Å². The molecule has 3 atom stereocenters. The molecule has 352 valence electrons. The molecule has 0 unspecified atom stereocenters. The third kappa shape index (κ3) is 11.6. The van der Waals surface area contributed by atoms with Crippen LogP contribution in [0.1, 0.15) is 50.4 Å². The van der Waals surface area contributed by atoms with Gasteiger partial charge in [-0.15, -0.1) is 11.3 Å². The van der Waals surface area contributed by atoms with E-state index in [0.717, 1.165) is 82.3 Å². The van der Waals surface area contributed by atoms with Crippen LogP contribution in [0, 0.1) is 12.8 Å². The first-order valence-electron chi connectivity index (χ1n) is 22.8. The van der Waals surface area contributed by atoms with Crippen LogP contribution in [0.3, 0.4) is 0 Å². The number of hydrogen-bond donors (Lipinski definition) is 4. The van der Waals surface area contributed by atoms with Gasteiger partial charge in [0.2, 0.25) is 17.7 Å². The number of amides is 3. The number of nitrogen functional groups attached to an aromatic ring is 1. The van der Waals surface area contributed by atoms with Gasteiger partial charge in [-0.2, -0.15) is 5.10 Å². The number of anilines is 1. The maximum absolute atomic E-state index is 13.8. The van der Waals surface area contributed by atoms with E-state index in [1.165, 1.54) is 11.2 Å². The molecule has 18 heteroatoms. The van der Waals surface area contributed by atoms with Gasteiger partial charge in [-0.1, -0.05) is 56.3 Å². The molecule has 2 aliphatic rings. The van der Waals surface area contributed by atoms with Gasteiger partial charge in [0.1, 0.15) is 48.0 Å². The molecule has 0 aliphatic carbocycles. The van der Waals surface area contributed by atoms with Gasteiger partial charge in [-0.05, 0) is 73.2 Å². The van der Waals surface area contributed by atoms with E-state index in [1.54, 1.807) is 11.3 Å². The molecule has 2 aliphatic heterocycles. The standard InChI is InChI=1S/C49H58N10O7S/c1-31(2)43(49(63)58-27-37(60)25-40(58)48(62)51-26-33-9-11-35(12-10-33)45-32(3)54-30-67-45)55-41(61)28-65-24-23-64-22-21-57-19-17-36(18-20-57)59-47-42(46(50)52-29-53-47)44(56-59)34-13-15-39(16-14-34)66-38-7-5-4-6-8-38/h4-16,29-31,36-37,40,43,60H,17-28H2,1-3H3,(H,51,62)(H,55,61)(H2,50,52,53)/t37-,40+,43+/m1/s1. The van der Waals surface area contributed by atoms with E-state index in [1.807, 2.05) is 110 Å². The van der Waals surface area contributed by atoms with Crippen molar-refractivity contribution in [1.29, 1.82) is 0 Å². The summed E-state index contributed by atoms with van der Waals surface area (Å²) in [6.07, 6.45) is 2.48. The lowest BCUT2D eigenvalue weighted by atomic mass is 10.0. The maximum Gasteiger partial charge on any atom is 0.246 e. The van der Waals surface area contributed by atoms with Crippen molar-refractivity contribution >= 4 is 45.9 Å². The second-order valence-electron chi connectivity index (χ2n) is 17.3. The van der Waals surface area contributed by atoms with Gasteiger partial charge >= 0.3 is 0 Å². The normalized spacial score (nSPS) is 17.2. The number of fused-ring (bicyclic) bond motifs is 1. The Hall–Kier alpha value is -6.31. The predicted octanol–water partition coefficient (Wildman–Crippen LogP) is 5.39. The third-order valence-electron chi connectivity index (χ3n) is 12.2. The number of aryl methyl sites for hydroxylation is 1. The average molecular weight is 931 g/mol. The molecule has 0 saturated carbocycles. The van der Waals surface area contributed by atoms with Crippen LogP contribution < -0.4 is 21.1 Å². The van der Waals surface area contributed by atoms with Crippen molar-refractivity contribution in [2.45, 2.75) is 70.8 Å². The summed E-state index contributed by atoms with van der Waals surface area (Å²) >= 11 is 1.58. The SMILES string of the molecule is Cc1ncsc1-c1ccc(CNC(=O)[C@@H]2C[C@@H](O)CN2C(=O)[C@@H](NC(=O)COCCOCCN2CCC(n3nc(-c4ccc(Oc5ccccc5)cc4)c4c(N)ncnc43)CC2)C(C)C)cc1. The zero-order valence-corrected chi connectivity index (χ0v) is 38.9. The number of carbonyl (C=O) groups is 3. The Bertz CT molecular complexity index is 2600. The number of aliphatic hydroxyl groups excluding tert-OH is 1. The number of hydrogen-bond acceptors (Lipinski definition) is 14. The quantitative estimate of drug-likeness (QED) is 0.0752. The lowest BCUT2D eigenvalue weighted by Gasteiger charge is -2.32. The summed E-state index contributed by atoms with van der Waals surface area (Å²) < 4.78 is 19.5. The van der Waals surface area contributed by atoms with Gasteiger partial charge in [0.25, 0.3) is 0 Å². The van der Waals surface area contributed by atoms with Crippen LogP contribution in [0.25, 0.3) is 32.7 Å². The lowest BCUT2D eigenvalue weighted by Crippen LogP contribution is -2.55. The van der Waals surface area contributed by atoms with Gasteiger partial charge in [-0.25, -0.2) is 19.6 Å². The molecule has 3 aromatic heterocycles. The maximum atomic E-state index is 13.8. The van der Waals surface area contributed by atoms with Gasteiger partial charge in [0.05, 0.1) is 53.4 Å². The summed E-state index contributed by atoms with van der Waals surface area (Å²) in [5, 5.41) is 22.0. The van der Waals surface area contributed by atoms with Crippen molar-refractivity contribution in [3.8, 4) is 33.2 Å². The molecule has 3 aromatic carbocycles. The molecule has 5 heterocycles. The number of carbonyl (C=O) groups excluding carboxylic acids is 3. The van der Waals surface area contributed by atoms with Crippen LogP contribution >= 0.6 is 11.3 Å². The number of thiazole rings is 1. The van der Waals surface area contributed by atoms with Gasteiger partial charge in [0, 0.05) is 44.7 Å². The summed E-state index contributed by atoms with van der Waals surface area (Å²) in [4.78, 5) is 58.2. The number of rotatable bonds is 19. The Labute approximate surface area is 393 Å². The molecule has 0 spiro atoms. The molecule has 5 N–H and O–H groups in total. The Morgan fingerprint density at radius 2 is 1.61 bits per heavy atom. The Morgan fingerprint density at radius 3 is 2.33 bits per heavy atom. The van der Waals surface area contributed by atoms with E-state index in [4.69, 9.17) is 25.0 Å². The number of likely N-dealkylation sites (tertiary alicyclic amines) is 2. The fraction of sp³-hybridized carbons (Fsp3) is 0.408. The van der Waals surface area contributed by atoms with E-state index < -0.39 is 30.0 Å². The van der Waals surface area contributed by atoms with Gasteiger partial charge in [-0.3, -0.25) is 14.4 Å². The monoisotopic (exact) mass is 930 g/mol. The van der Waals surface area contributed by atoms with Crippen molar-refractivity contribution in [3.63, 3.8) is 0 Å². The number of para-hydroxylation sites is 1. The Morgan fingerprint density at radius 1 is 0.896 bits per heavy atom. The van der Waals surface area contributed by atoms with E-state index in [-0.39, 0.29) is 50.6 Å². The first-order chi connectivity index (χ1) is 32.5. The molecule has 0 radical (unpaired) electrons. The summed E-state index contributed by atoms with van der Waals surface area (Å²) in [5.74, 6) is 0.355. The smallest absolute Gasteiger partial charge is 0.246 e. The zero-order valence-electron chi connectivity index (χ0n) is 38.0. The highest BCUT2D eigenvalue weighted by Gasteiger charge is 2.42. The topological polar surface area (TPSA) is 212 Å². The number of β-amino-alcohol motifs (C(OH)–C–C–N with tert-alkyl or cyclic N) is 1. The number of nitrogens with one attached hydrogen (secondary N) is 2. The van der Waals surface area contributed by atoms with Gasteiger partial charge in [0.15, 0.2) is 5.65 Å². The molecule has 0 bridgehead atoms. The molecule has 2 fully saturated rings. The summed E-state index contributed by atoms with van der Waals surface area (Å²) in [6.45, 7) is 9.09.